The number of ether oxygens (including phenoxy) is 3. The molecule has 0 aliphatic carbocycles. The molecule has 0 aromatic heterocycles. The second-order valence-electron chi connectivity index (χ2n) is 6.94. The van der Waals surface area contributed by atoms with Crippen LogP contribution in [-0.2, 0) is 14.8 Å². The first-order chi connectivity index (χ1) is 15.5. The lowest BCUT2D eigenvalue weighted by Crippen LogP contribution is -2.28. The highest BCUT2D eigenvalue weighted by molar-refractivity contribution is 7.89. The highest BCUT2D eigenvalue weighted by Crippen LogP contribution is 2.32. The third kappa shape index (κ3) is 5.57. The number of benzene rings is 3. The minimum atomic E-state index is -3.78. The van der Waals surface area contributed by atoms with Gasteiger partial charge in [0.15, 0.2) is 11.5 Å². The Hall–Kier alpha value is -3.56. The van der Waals surface area contributed by atoms with Gasteiger partial charge in [0.25, 0.3) is 0 Å². The maximum absolute atomic E-state index is 12.5. The van der Waals surface area contributed by atoms with Crippen LogP contribution in [0.15, 0.2) is 77.7 Å². The van der Waals surface area contributed by atoms with E-state index < -0.39 is 10.0 Å². The number of nitrogens with one attached hydrogen (secondary N) is 2. The van der Waals surface area contributed by atoms with Crippen molar-refractivity contribution in [1.82, 2.24) is 4.72 Å². The molecule has 9 heteroatoms. The van der Waals surface area contributed by atoms with E-state index >= 15 is 0 Å². The van der Waals surface area contributed by atoms with Crippen molar-refractivity contribution in [3.8, 4) is 23.0 Å². The van der Waals surface area contributed by atoms with Gasteiger partial charge in [-0.1, -0.05) is 18.2 Å². The van der Waals surface area contributed by atoms with Gasteiger partial charge in [0, 0.05) is 24.7 Å². The molecule has 32 heavy (non-hydrogen) atoms. The molecule has 1 amide bonds. The molecule has 3 aromatic carbocycles. The molecule has 0 saturated heterocycles. The number of rotatable bonds is 8. The van der Waals surface area contributed by atoms with Crippen molar-refractivity contribution >= 4 is 21.6 Å². The first-order valence-corrected chi connectivity index (χ1v) is 11.5. The number of amides is 1. The first-order valence-electron chi connectivity index (χ1n) is 10.0. The third-order valence-electron chi connectivity index (χ3n) is 4.59. The van der Waals surface area contributed by atoms with Crippen molar-refractivity contribution in [2.24, 2.45) is 0 Å². The predicted molar refractivity (Wildman–Crippen MR) is 119 cm³/mol. The Kier molecular flexibility index (Phi) is 6.58. The van der Waals surface area contributed by atoms with Gasteiger partial charge in [-0.05, 0) is 48.5 Å². The van der Waals surface area contributed by atoms with E-state index in [0.717, 1.165) is 5.75 Å². The normalized spacial score (nSPS) is 12.8. The van der Waals surface area contributed by atoms with Crippen molar-refractivity contribution in [2.45, 2.75) is 11.3 Å². The fourth-order valence-electron chi connectivity index (χ4n) is 3.03. The quantitative estimate of drug-likeness (QED) is 0.540. The Morgan fingerprint density at radius 1 is 0.875 bits per heavy atom. The van der Waals surface area contributed by atoms with Gasteiger partial charge in [-0.15, -0.1) is 0 Å². The van der Waals surface area contributed by atoms with E-state index in [0.29, 0.717) is 36.1 Å². The maximum atomic E-state index is 12.5. The Balaban J connectivity index is 1.26. The Bertz CT molecular complexity index is 1180. The lowest BCUT2D eigenvalue weighted by molar-refractivity contribution is -0.116. The second kappa shape index (κ2) is 9.71. The molecule has 0 saturated carbocycles. The molecule has 166 valence electrons. The van der Waals surface area contributed by atoms with E-state index in [-0.39, 0.29) is 23.8 Å². The van der Waals surface area contributed by atoms with Crippen molar-refractivity contribution in [2.75, 3.05) is 25.1 Å². The van der Waals surface area contributed by atoms with Crippen LogP contribution >= 0.6 is 0 Å². The average molecular weight is 455 g/mol. The number of anilines is 1. The number of sulfonamides is 1. The molecule has 1 aliphatic heterocycles. The van der Waals surface area contributed by atoms with Crippen LogP contribution in [0.2, 0.25) is 0 Å². The van der Waals surface area contributed by atoms with Crippen molar-refractivity contribution < 1.29 is 27.4 Å². The number of para-hydroxylation sites is 1. The van der Waals surface area contributed by atoms with E-state index in [4.69, 9.17) is 14.2 Å². The Labute approximate surface area is 186 Å². The number of carbonyl (C=O) groups excluding carboxylic acids is 1. The van der Waals surface area contributed by atoms with E-state index in [1.807, 2.05) is 30.3 Å². The van der Waals surface area contributed by atoms with Crippen LogP contribution in [0.25, 0.3) is 0 Å². The summed E-state index contributed by atoms with van der Waals surface area (Å²) < 4.78 is 43.9. The molecule has 0 unspecified atom stereocenters. The summed E-state index contributed by atoms with van der Waals surface area (Å²) in [5.74, 6) is 1.94. The van der Waals surface area contributed by atoms with Crippen LogP contribution in [0, 0.1) is 0 Å². The van der Waals surface area contributed by atoms with Crippen molar-refractivity contribution in [3.63, 3.8) is 0 Å². The first kappa shape index (κ1) is 21.7. The summed E-state index contributed by atoms with van der Waals surface area (Å²) in [6, 6.07) is 20.7. The molecule has 0 fully saturated rings. The van der Waals surface area contributed by atoms with Gasteiger partial charge in [0.2, 0.25) is 15.9 Å². The van der Waals surface area contributed by atoms with Crippen molar-refractivity contribution in [1.29, 1.82) is 0 Å². The Morgan fingerprint density at radius 3 is 2.31 bits per heavy atom. The highest BCUT2D eigenvalue weighted by atomic mass is 32.2. The second-order valence-corrected chi connectivity index (χ2v) is 8.71. The van der Waals surface area contributed by atoms with Gasteiger partial charge in [-0.3, -0.25) is 4.79 Å². The van der Waals surface area contributed by atoms with E-state index in [1.165, 1.54) is 12.1 Å². The number of fused-ring (bicyclic) bond motifs is 1. The van der Waals surface area contributed by atoms with Gasteiger partial charge in [-0.25, -0.2) is 13.1 Å². The van der Waals surface area contributed by atoms with E-state index in [1.54, 1.807) is 30.3 Å². The highest BCUT2D eigenvalue weighted by Gasteiger charge is 2.19. The van der Waals surface area contributed by atoms with Gasteiger partial charge in [-0.2, -0.15) is 0 Å². The van der Waals surface area contributed by atoms with Crippen LogP contribution < -0.4 is 24.2 Å². The topological polar surface area (TPSA) is 103 Å². The zero-order valence-electron chi connectivity index (χ0n) is 17.1. The fourth-order valence-corrected chi connectivity index (χ4v) is 4.07. The molecule has 4 rings (SSSR count). The Morgan fingerprint density at radius 2 is 1.56 bits per heavy atom. The number of hydrogen-bond donors (Lipinski definition) is 2. The molecule has 1 heterocycles. The van der Waals surface area contributed by atoms with Crippen LogP contribution in [-0.4, -0.2) is 34.1 Å². The molecule has 0 bridgehead atoms. The van der Waals surface area contributed by atoms with Gasteiger partial charge in [0.05, 0.1) is 4.90 Å². The predicted octanol–water partition coefficient (Wildman–Crippen LogP) is 3.56. The largest absolute Gasteiger partial charge is 0.486 e. The molecular weight excluding hydrogens is 432 g/mol. The van der Waals surface area contributed by atoms with Crippen LogP contribution in [0.5, 0.6) is 23.0 Å². The van der Waals surface area contributed by atoms with E-state index in [9.17, 15) is 13.2 Å². The maximum Gasteiger partial charge on any atom is 0.240 e. The van der Waals surface area contributed by atoms with Gasteiger partial charge >= 0.3 is 0 Å². The molecule has 0 atom stereocenters. The summed E-state index contributed by atoms with van der Waals surface area (Å²) in [5.41, 5.74) is 0.588. The number of hydrogen-bond acceptors (Lipinski definition) is 6. The van der Waals surface area contributed by atoms with Crippen molar-refractivity contribution in [3.05, 3.63) is 72.8 Å². The summed E-state index contributed by atoms with van der Waals surface area (Å²) in [6.45, 7) is 0.747. The summed E-state index contributed by atoms with van der Waals surface area (Å²) in [6.07, 6.45) is -0.0218. The summed E-state index contributed by atoms with van der Waals surface area (Å²) >= 11 is 0. The monoisotopic (exact) mass is 454 g/mol. The van der Waals surface area contributed by atoms with E-state index in [2.05, 4.69) is 10.0 Å². The lowest BCUT2D eigenvalue weighted by Gasteiger charge is -2.18. The molecule has 8 nitrogen and oxygen atoms in total. The summed E-state index contributed by atoms with van der Waals surface area (Å²) in [4.78, 5) is 12.2. The van der Waals surface area contributed by atoms with Gasteiger partial charge < -0.3 is 19.5 Å². The number of carbonyl (C=O) groups is 1. The molecule has 1 aliphatic rings. The smallest absolute Gasteiger partial charge is 0.240 e. The minimum absolute atomic E-state index is 0.0218. The summed E-state index contributed by atoms with van der Waals surface area (Å²) in [7, 11) is -3.78. The molecular formula is C23H22N2O6S. The van der Waals surface area contributed by atoms with Crippen LogP contribution in [0.1, 0.15) is 6.42 Å². The standard InChI is InChI=1S/C23H22N2O6S/c26-23(25-17-6-8-19(9-7-17)31-18-4-2-1-3-5-18)12-13-24-32(27,28)20-10-11-21-22(16-20)30-15-14-29-21/h1-11,16,24H,12-15H2,(H,25,26). The third-order valence-corrected chi connectivity index (χ3v) is 6.04. The molecule has 0 radical (unpaired) electrons. The minimum Gasteiger partial charge on any atom is -0.486 e. The molecule has 0 spiro atoms. The zero-order chi connectivity index (χ0) is 22.4. The van der Waals surface area contributed by atoms with Gasteiger partial charge in [0.1, 0.15) is 24.7 Å². The fraction of sp³-hybridized carbons (Fsp3) is 0.174. The zero-order valence-corrected chi connectivity index (χ0v) is 17.9. The molecule has 3 aromatic rings. The molecule has 2 N–H and O–H groups in total. The lowest BCUT2D eigenvalue weighted by atomic mass is 10.3. The van der Waals surface area contributed by atoms with Crippen LogP contribution in [0.4, 0.5) is 5.69 Å². The SMILES string of the molecule is O=C(CCNS(=O)(=O)c1ccc2c(c1)OCCO2)Nc1ccc(Oc2ccccc2)cc1. The average Bonchev–Trinajstić information content (AvgIpc) is 2.80. The summed E-state index contributed by atoms with van der Waals surface area (Å²) in [5, 5.41) is 2.73. The van der Waals surface area contributed by atoms with Crippen LogP contribution in [0.3, 0.4) is 0 Å².